The Kier molecular flexibility index (Phi) is 3.56. The molecule has 3 nitrogen and oxygen atoms in total. The second-order valence-corrected chi connectivity index (χ2v) is 4.33. The van der Waals surface area contributed by atoms with Crippen molar-refractivity contribution >= 4 is 5.91 Å². The molecule has 15 heavy (non-hydrogen) atoms. The van der Waals surface area contributed by atoms with E-state index in [9.17, 15) is 4.79 Å². The quantitative estimate of drug-likeness (QED) is 0.811. The molecule has 3 heteroatoms. The third-order valence-corrected chi connectivity index (χ3v) is 2.52. The first-order valence-corrected chi connectivity index (χ1v) is 5.38. The molecule has 1 aromatic rings. The van der Waals surface area contributed by atoms with Crippen molar-refractivity contribution in [3.05, 3.63) is 23.5 Å². The third-order valence-electron chi connectivity index (χ3n) is 2.52. The zero-order valence-electron chi connectivity index (χ0n) is 10.2. The molecule has 0 fully saturated rings. The van der Waals surface area contributed by atoms with Gasteiger partial charge in [0.25, 0.3) is 0 Å². The minimum Gasteiger partial charge on any atom is -0.352 e. The first kappa shape index (κ1) is 11.8. The summed E-state index contributed by atoms with van der Waals surface area (Å²) in [5.74, 6) is 0.0763. The number of aromatic nitrogens is 1. The number of carbonyl (C=O) groups excluding carboxylic acids is 1. The Morgan fingerprint density at radius 3 is 2.07 bits per heavy atom. The van der Waals surface area contributed by atoms with Crippen LogP contribution in [0.15, 0.2) is 12.1 Å². The summed E-state index contributed by atoms with van der Waals surface area (Å²) in [6.45, 7) is 9.91. The van der Waals surface area contributed by atoms with Gasteiger partial charge >= 0.3 is 0 Å². The van der Waals surface area contributed by atoms with E-state index in [0.717, 1.165) is 11.4 Å². The maximum absolute atomic E-state index is 11.8. The van der Waals surface area contributed by atoms with Crippen molar-refractivity contribution in [1.29, 1.82) is 0 Å². The predicted octanol–water partition coefficient (Wildman–Crippen LogP) is 2.19. The first-order valence-electron chi connectivity index (χ1n) is 5.38. The predicted molar refractivity (Wildman–Crippen MR) is 61.9 cm³/mol. The molecule has 1 unspecified atom stereocenters. The standard InChI is InChI=1S/C12H20N2O/c1-8(2)13-12(15)11(5)14-9(3)6-7-10(14)4/h6-8,11H,1-5H3,(H,13,15). The van der Waals surface area contributed by atoms with Gasteiger partial charge in [-0.05, 0) is 46.8 Å². The zero-order valence-corrected chi connectivity index (χ0v) is 10.2. The van der Waals surface area contributed by atoms with Gasteiger partial charge in [-0.3, -0.25) is 4.79 Å². The number of aryl methyl sites for hydroxylation is 2. The first-order chi connectivity index (χ1) is 6.93. The van der Waals surface area contributed by atoms with Gasteiger partial charge in [-0.15, -0.1) is 0 Å². The maximum atomic E-state index is 11.8. The van der Waals surface area contributed by atoms with Crippen LogP contribution >= 0.6 is 0 Å². The van der Waals surface area contributed by atoms with Crippen molar-refractivity contribution in [2.45, 2.75) is 46.7 Å². The second-order valence-electron chi connectivity index (χ2n) is 4.33. The van der Waals surface area contributed by atoms with E-state index in [1.54, 1.807) is 0 Å². The molecule has 1 aromatic heterocycles. The van der Waals surface area contributed by atoms with Gasteiger partial charge in [-0.25, -0.2) is 0 Å². The monoisotopic (exact) mass is 208 g/mol. The van der Waals surface area contributed by atoms with Gasteiger partial charge in [0.2, 0.25) is 5.91 Å². The lowest BCUT2D eigenvalue weighted by molar-refractivity contribution is -0.124. The van der Waals surface area contributed by atoms with Crippen LogP contribution in [0.1, 0.15) is 38.2 Å². The largest absolute Gasteiger partial charge is 0.352 e. The number of nitrogens with one attached hydrogen (secondary N) is 1. The Hall–Kier alpha value is -1.25. The van der Waals surface area contributed by atoms with E-state index in [1.807, 2.05) is 46.8 Å². The summed E-state index contributed by atoms with van der Waals surface area (Å²) in [5.41, 5.74) is 2.25. The molecule has 1 N–H and O–H groups in total. The van der Waals surface area contributed by atoms with Crippen LogP contribution in [0.2, 0.25) is 0 Å². The Morgan fingerprint density at radius 1 is 1.20 bits per heavy atom. The lowest BCUT2D eigenvalue weighted by atomic mass is 10.2. The molecular formula is C12H20N2O. The number of carbonyl (C=O) groups is 1. The van der Waals surface area contributed by atoms with E-state index in [2.05, 4.69) is 9.88 Å². The minimum absolute atomic E-state index is 0.0763. The van der Waals surface area contributed by atoms with Crippen LogP contribution in [-0.2, 0) is 4.79 Å². The maximum Gasteiger partial charge on any atom is 0.242 e. The highest BCUT2D eigenvalue weighted by atomic mass is 16.2. The van der Waals surface area contributed by atoms with Crippen molar-refractivity contribution in [2.75, 3.05) is 0 Å². The molecule has 84 valence electrons. The number of nitrogens with zero attached hydrogens (tertiary/aromatic N) is 1. The summed E-state index contributed by atoms with van der Waals surface area (Å²) in [7, 11) is 0. The van der Waals surface area contributed by atoms with Gasteiger partial charge in [-0.2, -0.15) is 0 Å². The molecule has 1 atom stereocenters. The highest BCUT2D eigenvalue weighted by molar-refractivity contribution is 5.80. The van der Waals surface area contributed by atoms with Crippen LogP contribution in [0.5, 0.6) is 0 Å². The van der Waals surface area contributed by atoms with Crippen LogP contribution in [-0.4, -0.2) is 16.5 Å². The molecule has 0 radical (unpaired) electrons. The highest BCUT2D eigenvalue weighted by Gasteiger charge is 2.17. The highest BCUT2D eigenvalue weighted by Crippen LogP contribution is 2.15. The Balaban J connectivity index is 2.85. The average Bonchev–Trinajstić information content (AvgIpc) is 2.44. The fourth-order valence-corrected chi connectivity index (χ4v) is 1.81. The van der Waals surface area contributed by atoms with Crippen molar-refractivity contribution in [3.63, 3.8) is 0 Å². The molecule has 0 aliphatic heterocycles. The third kappa shape index (κ3) is 2.61. The SMILES string of the molecule is Cc1ccc(C)n1C(C)C(=O)NC(C)C. The number of amides is 1. The normalized spacial score (nSPS) is 12.9. The lowest BCUT2D eigenvalue weighted by Gasteiger charge is -2.19. The summed E-state index contributed by atoms with van der Waals surface area (Å²) in [6, 6.07) is 4.13. The summed E-state index contributed by atoms with van der Waals surface area (Å²) < 4.78 is 2.05. The number of hydrogen-bond acceptors (Lipinski definition) is 1. The van der Waals surface area contributed by atoms with E-state index in [0.29, 0.717) is 0 Å². The molecular weight excluding hydrogens is 188 g/mol. The van der Waals surface area contributed by atoms with Crippen LogP contribution in [0.25, 0.3) is 0 Å². The van der Waals surface area contributed by atoms with E-state index >= 15 is 0 Å². The smallest absolute Gasteiger partial charge is 0.242 e. The van der Waals surface area contributed by atoms with Gasteiger partial charge in [-0.1, -0.05) is 0 Å². The molecule has 0 saturated carbocycles. The van der Waals surface area contributed by atoms with Crippen LogP contribution in [0, 0.1) is 13.8 Å². The lowest BCUT2D eigenvalue weighted by Crippen LogP contribution is -2.36. The summed E-state index contributed by atoms with van der Waals surface area (Å²) in [6.07, 6.45) is 0. The van der Waals surface area contributed by atoms with Crippen molar-refractivity contribution in [1.82, 2.24) is 9.88 Å². The van der Waals surface area contributed by atoms with Gasteiger partial charge in [0.15, 0.2) is 0 Å². The number of hydrogen-bond donors (Lipinski definition) is 1. The molecule has 0 aliphatic carbocycles. The van der Waals surface area contributed by atoms with E-state index in [1.165, 1.54) is 0 Å². The van der Waals surface area contributed by atoms with E-state index < -0.39 is 0 Å². The van der Waals surface area contributed by atoms with Crippen molar-refractivity contribution in [3.8, 4) is 0 Å². The molecule has 0 spiro atoms. The number of rotatable bonds is 3. The fourth-order valence-electron chi connectivity index (χ4n) is 1.81. The second kappa shape index (κ2) is 4.51. The van der Waals surface area contributed by atoms with Crippen molar-refractivity contribution in [2.24, 2.45) is 0 Å². The summed E-state index contributed by atoms with van der Waals surface area (Å²) >= 11 is 0. The van der Waals surface area contributed by atoms with Crippen molar-refractivity contribution < 1.29 is 4.79 Å². The van der Waals surface area contributed by atoms with Crippen LogP contribution < -0.4 is 5.32 Å². The summed E-state index contributed by atoms with van der Waals surface area (Å²) in [5, 5.41) is 2.93. The molecule has 1 rings (SSSR count). The minimum atomic E-state index is -0.137. The fraction of sp³-hybridized carbons (Fsp3) is 0.583. The van der Waals surface area contributed by atoms with Gasteiger partial charge in [0, 0.05) is 17.4 Å². The topological polar surface area (TPSA) is 34.0 Å². The molecule has 0 aromatic carbocycles. The zero-order chi connectivity index (χ0) is 11.6. The van der Waals surface area contributed by atoms with E-state index in [4.69, 9.17) is 0 Å². The molecule has 1 amide bonds. The van der Waals surface area contributed by atoms with Gasteiger partial charge in [0.05, 0.1) is 0 Å². The van der Waals surface area contributed by atoms with Gasteiger partial charge in [0.1, 0.15) is 6.04 Å². The molecule has 1 heterocycles. The average molecular weight is 208 g/mol. The van der Waals surface area contributed by atoms with Gasteiger partial charge < -0.3 is 9.88 Å². The van der Waals surface area contributed by atoms with Crippen LogP contribution in [0.3, 0.4) is 0 Å². The van der Waals surface area contributed by atoms with E-state index in [-0.39, 0.29) is 18.0 Å². The summed E-state index contributed by atoms with van der Waals surface area (Å²) in [4.78, 5) is 11.8. The molecule has 0 aliphatic rings. The Bertz CT molecular complexity index is 333. The molecule has 0 saturated heterocycles. The Morgan fingerprint density at radius 2 is 1.67 bits per heavy atom. The Labute approximate surface area is 91.5 Å². The molecule has 0 bridgehead atoms. The van der Waals surface area contributed by atoms with Crippen LogP contribution in [0.4, 0.5) is 0 Å².